The molecule has 12 heteroatoms. The van der Waals surface area contributed by atoms with Crippen molar-refractivity contribution in [3.8, 4) is 0 Å². The van der Waals surface area contributed by atoms with Crippen molar-refractivity contribution in [2.45, 2.75) is 71.5 Å². The van der Waals surface area contributed by atoms with Crippen LogP contribution < -0.4 is 0 Å². The second kappa shape index (κ2) is 12.3. The van der Waals surface area contributed by atoms with E-state index in [9.17, 15) is 32.7 Å². The van der Waals surface area contributed by atoms with Crippen molar-refractivity contribution in [2.75, 3.05) is 13.1 Å². The first kappa shape index (κ1) is 30.9. The Kier molecular flexibility index (Phi) is 9.75. The monoisotopic (exact) mass is 589 g/mol. The van der Waals surface area contributed by atoms with Gasteiger partial charge >= 0.3 is 12.1 Å². The largest absolute Gasteiger partial charge is 0.481 e. The van der Waals surface area contributed by atoms with Crippen molar-refractivity contribution in [1.82, 2.24) is 14.7 Å². The summed E-state index contributed by atoms with van der Waals surface area (Å²) >= 11 is 12.3. The van der Waals surface area contributed by atoms with Gasteiger partial charge in [-0.05, 0) is 43.2 Å². The summed E-state index contributed by atoms with van der Waals surface area (Å²) in [6, 6.07) is 3.75. The minimum absolute atomic E-state index is 0.00159. The van der Waals surface area contributed by atoms with E-state index in [1.165, 1.54) is 12.1 Å². The van der Waals surface area contributed by atoms with E-state index in [0.717, 1.165) is 22.2 Å². The fourth-order valence-corrected chi connectivity index (χ4v) is 5.95. The van der Waals surface area contributed by atoms with E-state index in [-0.39, 0.29) is 41.4 Å². The van der Waals surface area contributed by atoms with Crippen LogP contribution in [0.1, 0.15) is 91.7 Å². The number of carbonyl (C=O) groups excluding carboxylic acids is 2. The second-order valence-electron chi connectivity index (χ2n) is 10.6. The SMILES string of the molecule is CCCCCN(CC(=O)c1c(Cl)cccc1Cl)C(=O)c1cnn([C@H]2CC[C@H](C(=O)O)C(C)(C)C2)c1C(F)(F)F. The number of aliphatic carboxylic acids is 1. The number of benzene rings is 1. The van der Waals surface area contributed by atoms with Crippen molar-refractivity contribution >= 4 is 40.9 Å². The Hall–Kier alpha value is -2.59. The number of carboxylic acids is 1. The predicted octanol–water partition coefficient (Wildman–Crippen LogP) is 7.18. The van der Waals surface area contributed by atoms with Gasteiger partial charge < -0.3 is 10.0 Å². The topological polar surface area (TPSA) is 92.5 Å². The summed E-state index contributed by atoms with van der Waals surface area (Å²) in [5.74, 6) is -3.25. The van der Waals surface area contributed by atoms with Crippen LogP contribution in [0.4, 0.5) is 13.2 Å². The molecule has 0 aliphatic heterocycles. The Bertz CT molecular complexity index is 1210. The zero-order valence-electron chi connectivity index (χ0n) is 22.0. The maximum Gasteiger partial charge on any atom is 0.433 e. The van der Waals surface area contributed by atoms with E-state index >= 15 is 0 Å². The summed E-state index contributed by atoms with van der Waals surface area (Å²) in [4.78, 5) is 39.4. The minimum atomic E-state index is -4.92. The van der Waals surface area contributed by atoms with Gasteiger partial charge in [-0.15, -0.1) is 0 Å². The Labute approximate surface area is 235 Å². The highest BCUT2D eigenvalue weighted by Gasteiger charge is 2.46. The molecule has 1 aromatic heterocycles. The summed E-state index contributed by atoms with van der Waals surface area (Å²) in [5, 5.41) is 13.7. The maximum absolute atomic E-state index is 14.4. The molecule has 0 bridgehead atoms. The lowest BCUT2D eigenvalue weighted by atomic mass is 9.67. The molecule has 1 N–H and O–H groups in total. The molecule has 39 heavy (non-hydrogen) atoms. The molecule has 0 spiro atoms. The van der Waals surface area contributed by atoms with Gasteiger partial charge in [0.05, 0.1) is 45.9 Å². The molecule has 1 amide bonds. The average molecular weight is 590 g/mol. The third-order valence-corrected chi connectivity index (χ3v) is 7.96. The van der Waals surface area contributed by atoms with Gasteiger partial charge in [-0.25, -0.2) is 0 Å². The number of aromatic nitrogens is 2. The van der Waals surface area contributed by atoms with Crippen LogP contribution in [0.5, 0.6) is 0 Å². The number of amides is 1. The number of unbranched alkanes of at least 4 members (excludes halogenated alkanes) is 2. The third-order valence-electron chi connectivity index (χ3n) is 7.33. The van der Waals surface area contributed by atoms with Crippen LogP contribution in [0.15, 0.2) is 24.4 Å². The lowest BCUT2D eigenvalue weighted by Gasteiger charge is -2.40. The molecule has 1 aliphatic rings. The Morgan fingerprint density at radius 2 is 1.79 bits per heavy atom. The fourth-order valence-electron chi connectivity index (χ4n) is 5.34. The summed E-state index contributed by atoms with van der Waals surface area (Å²) < 4.78 is 44.1. The number of nitrogens with zero attached hydrogens (tertiary/aromatic N) is 3. The number of halogens is 5. The Balaban J connectivity index is 1.97. The minimum Gasteiger partial charge on any atom is -0.481 e. The van der Waals surface area contributed by atoms with Crippen molar-refractivity contribution < 1.29 is 32.7 Å². The summed E-state index contributed by atoms with van der Waals surface area (Å²) in [6.45, 7) is 4.90. The predicted molar refractivity (Wildman–Crippen MR) is 141 cm³/mol. The normalized spacial score (nSPS) is 19.1. The van der Waals surface area contributed by atoms with Gasteiger partial charge in [0.2, 0.25) is 0 Å². The van der Waals surface area contributed by atoms with Crippen molar-refractivity contribution in [3.63, 3.8) is 0 Å². The zero-order valence-corrected chi connectivity index (χ0v) is 23.5. The molecule has 214 valence electrons. The molecule has 2 atom stereocenters. The molecule has 2 aromatic rings. The summed E-state index contributed by atoms with van der Waals surface area (Å²) in [6.07, 6.45) is -1.54. The van der Waals surface area contributed by atoms with Crippen LogP contribution >= 0.6 is 23.2 Å². The van der Waals surface area contributed by atoms with Crippen LogP contribution in [-0.2, 0) is 11.0 Å². The van der Waals surface area contributed by atoms with Gasteiger partial charge in [0.15, 0.2) is 11.5 Å². The van der Waals surface area contributed by atoms with Crippen LogP contribution in [-0.4, -0.2) is 50.5 Å². The fraction of sp³-hybridized carbons (Fsp3) is 0.556. The number of rotatable bonds is 10. The van der Waals surface area contributed by atoms with E-state index in [0.29, 0.717) is 12.8 Å². The van der Waals surface area contributed by atoms with Gasteiger partial charge in [0, 0.05) is 6.54 Å². The Morgan fingerprint density at radius 3 is 2.33 bits per heavy atom. The highest BCUT2D eigenvalue weighted by atomic mass is 35.5. The third kappa shape index (κ3) is 6.95. The van der Waals surface area contributed by atoms with E-state index in [4.69, 9.17) is 23.2 Å². The number of Topliss-reactive ketones (excluding diaryl/α,β-unsaturated/α-hetero) is 1. The lowest BCUT2D eigenvalue weighted by Crippen LogP contribution is -2.39. The number of hydrogen-bond donors (Lipinski definition) is 1. The molecule has 3 rings (SSSR count). The maximum atomic E-state index is 14.4. The first-order chi connectivity index (χ1) is 18.2. The van der Waals surface area contributed by atoms with Gasteiger partial charge in [-0.1, -0.05) is 62.9 Å². The van der Waals surface area contributed by atoms with Crippen LogP contribution in [0.2, 0.25) is 10.0 Å². The first-order valence-electron chi connectivity index (χ1n) is 12.8. The number of carbonyl (C=O) groups is 3. The molecule has 1 aromatic carbocycles. The van der Waals surface area contributed by atoms with Crippen molar-refractivity contribution in [3.05, 3.63) is 51.3 Å². The average Bonchev–Trinajstić information content (AvgIpc) is 3.28. The van der Waals surface area contributed by atoms with Crippen molar-refractivity contribution in [2.24, 2.45) is 11.3 Å². The number of hydrogen-bond acceptors (Lipinski definition) is 4. The van der Waals surface area contributed by atoms with Gasteiger partial charge in [-0.2, -0.15) is 18.3 Å². The summed E-state index contributed by atoms with van der Waals surface area (Å²) in [7, 11) is 0. The van der Waals surface area contributed by atoms with Gasteiger partial charge in [-0.3, -0.25) is 19.1 Å². The molecule has 0 radical (unpaired) electrons. The quantitative estimate of drug-likeness (QED) is 0.234. The standard InChI is InChI=1S/C27H32Cl2F3N3O4/c1-4-5-6-12-34(15-21(36)22-19(28)8-7-9-20(22)29)24(37)17-14-33-35(23(17)27(30,31)32)16-10-11-18(25(38)39)26(2,3)13-16/h7-9,14,16,18H,4-6,10-13,15H2,1-3H3,(H,38,39)/t16-,18+/m0/s1. The molecule has 1 heterocycles. The molecule has 0 saturated heterocycles. The molecule has 1 saturated carbocycles. The summed E-state index contributed by atoms with van der Waals surface area (Å²) in [5.41, 5.74) is -2.64. The van der Waals surface area contributed by atoms with E-state index in [1.807, 2.05) is 6.92 Å². The van der Waals surface area contributed by atoms with E-state index in [1.54, 1.807) is 19.9 Å². The first-order valence-corrected chi connectivity index (χ1v) is 13.6. The highest BCUT2D eigenvalue weighted by molar-refractivity contribution is 6.40. The van der Waals surface area contributed by atoms with Crippen molar-refractivity contribution in [1.29, 1.82) is 0 Å². The van der Waals surface area contributed by atoms with Crippen LogP contribution in [0.25, 0.3) is 0 Å². The number of carboxylic acid groups (broad SMARTS) is 1. The molecule has 0 unspecified atom stereocenters. The molecule has 1 aliphatic carbocycles. The van der Waals surface area contributed by atoms with Crippen LogP contribution in [0, 0.1) is 11.3 Å². The second-order valence-corrected chi connectivity index (χ2v) is 11.4. The molecular formula is C27H32Cl2F3N3O4. The van der Waals surface area contributed by atoms with Gasteiger partial charge in [0.25, 0.3) is 5.91 Å². The van der Waals surface area contributed by atoms with E-state index < -0.39 is 59.0 Å². The van der Waals surface area contributed by atoms with E-state index in [2.05, 4.69) is 5.10 Å². The lowest BCUT2D eigenvalue weighted by molar-refractivity contribution is -0.151. The number of alkyl halides is 3. The number of ketones is 1. The molecule has 1 fully saturated rings. The molecule has 7 nitrogen and oxygen atoms in total. The zero-order chi connectivity index (χ0) is 29.1. The highest BCUT2D eigenvalue weighted by Crippen LogP contribution is 2.47. The molecular weight excluding hydrogens is 558 g/mol. The Morgan fingerprint density at radius 1 is 1.15 bits per heavy atom. The van der Waals surface area contributed by atoms with Crippen LogP contribution in [0.3, 0.4) is 0 Å². The smallest absolute Gasteiger partial charge is 0.433 e. The van der Waals surface area contributed by atoms with Gasteiger partial charge in [0.1, 0.15) is 0 Å².